The first-order valence-corrected chi connectivity index (χ1v) is 11.4. The Morgan fingerprint density at radius 1 is 0.969 bits per heavy atom. The second-order valence-electron chi connectivity index (χ2n) is 7.77. The third kappa shape index (κ3) is 7.29. The topological polar surface area (TPSA) is 67.9 Å². The Morgan fingerprint density at radius 3 is 2.31 bits per heavy atom. The van der Waals surface area contributed by atoms with Gasteiger partial charge in [-0.25, -0.2) is 0 Å². The van der Waals surface area contributed by atoms with E-state index in [-0.39, 0.29) is 11.8 Å². The SMILES string of the molecule is CCCCNC(=O)[C@@H](CC)N(Cc1ccccc1)C(=O)CCc1ccc(OC)c(OC)c1. The van der Waals surface area contributed by atoms with E-state index in [1.54, 1.807) is 19.1 Å². The number of unbranched alkanes of at least 4 members (excludes halogenated alkanes) is 1. The highest BCUT2D eigenvalue weighted by molar-refractivity contribution is 5.87. The van der Waals surface area contributed by atoms with Gasteiger partial charge in [0, 0.05) is 19.5 Å². The van der Waals surface area contributed by atoms with Crippen molar-refractivity contribution < 1.29 is 19.1 Å². The van der Waals surface area contributed by atoms with Crippen molar-refractivity contribution in [1.82, 2.24) is 10.2 Å². The molecular formula is C26H36N2O4. The summed E-state index contributed by atoms with van der Waals surface area (Å²) in [4.78, 5) is 27.9. The summed E-state index contributed by atoms with van der Waals surface area (Å²) in [5.74, 6) is 1.17. The standard InChI is InChI=1S/C26H36N2O4/c1-5-7-17-27-26(30)22(6-2)28(19-21-11-9-8-10-12-21)25(29)16-14-20-13-15-23(31-3)24(18-20)32-4/h8-13,15,18,22H,5-7,14,16-17,19H2,1-4H3,(H,27,30)/t22-/m1/s1. The maximum Gasteiger partial charge on any atom is 0.242 e. The first-order valence-electron chi connectivity index (χ1n) is 11.4. The van der Waals surface area contributed by atoms with Crippen molar-refractivity contribution in [3.05, 3.63) is 59.7 Å². The molecule has 32 heavy (non-hydrogen) atoms. The molecular weight excluding hydrogens is 404 g/mol. The van der Waals surface area contributed by atoms with Crippen LogP contribution in [-0.2, 0) is 22.6 Å². The van der Waals surface area contributed by atoms with Crippen molar-refractivity contribution in [3.8, 4) is 11.5 Å². The first-order chi connectivity index (χ1) is 15.5. The zero-order valence-corrected chi connectivity index (χ0v) is 19.7. The van der Waals surface area contributed by atoms with E-state index in [0.717, 1.165) is 24.0 Å². The summed E-state index contributed by atoms with van der Waals surface area (Å²) in [5.41, 5.74) is 1.99. The third-order valence-electron chi connectivity index (χ3n) is 5.49. The molecule has 2 amide bonds. The molecule has 0 saturated heterocycles. The van der Waals surface area contributed by atoms with Crippen LogP contribution in [0.3, 0.4) is 0 Å². The molecule has 0 aromatic heterocycles. The molecule has 0 bridgehead atoms. The number of hydrogen-bond acceptors (Lipinski definition) is 4. The van der Waals surface area contributed by atoms with Gasteiger partial charge in [0.05, 0.1) is 14.2 Å². The molecule has 2 aromatic carbocycles. The van der Waals surface area contributed by atoms with Gasteiger partial charge in [0.25, 0.3) is 0 Å². The molecule has 0 aliphatic heterocycles. The van der Waals surface area contributed by atoms with Gasteiger partial charge in [0.2, 0.25) is 11.8 Å². The zero-order chi connectivity index (χ0) is 23.3. The number of ether oxygens (including phenoxy) is 2. The largest absolute Gasteiger partial charge is 0.493 e. The highest BCUT2D eigenvalue weighted by Gasteiger charge is 2.28. The summed E-state index contributed by atoms with van der Waals surface area (Å²) >= 11 is 0. The van der Waals surface area contributed by atoms with Gasteiger partial charge in [-0.05, 0) is 42.5 Å². The van der Waals surface area contributed by atoms with E-state index < -0.39 is 6.04 Å². The van der Waals surface area contributed by atoms with Crippen molar-refractivity contribution >= 4 is 11.8 Å². The molecule has 0 aliphatic rings. The van der Waals surface area contributed by atoms with Crippen LogP contribution >= 0.6 is 0 Å². The number of amides is 2. The lowest BCUT2D eigenvalue weighted by Gasteiger charge is -2.31. The molecule has 2 rings (SSSR count). The van der Waals surface area contributed by atoms with Crippen LogP contribution < -0.4 is 14.8 Å². The van der Waals surface area contributed by atoms with Crippen LogP contribution in [-0.4, -0.2) is 43.5 Å². The fourth-order valence-corrected chi connectivity index (χ4v) is 3.64. The Bertz CT molecular complexity index is 854. The summed E-state index contributed by atoms with van der Waals surface area (Å²) in [7, 11) is 3.19. The summed E-state index contributed by atoms with van der Waals surface area (Å²) in [6.45, 7) is 5.07. The quantitative estimate of drug-likeness (QED) is 0.470. The predicted molar refractivity (Wildman–Crippen MR) is 127 cm³/mol. The molecule has 0 radical (unpaired) electrons. The summed E-state index contributed by atoms with van der Waals surface area (Å²) in [5, 5.41) is 2.99. The third-order valence-corrected chi connectivity index (χ3v) is 5.49. The minimum absolute atomic E-state index is 0.0406. The second kappa shape index (κ2) is 13.4. The Kier molecular flexibility index (Phi) is 10.6. The average molecular weight is 441 g/mol. The number of hydrogen-bond donors (Lipinski definition) is 1. The van der Waals surface area contributed by atoms with E-state index in [0.29, 0.717) is 43.9 Å². The molecule has 0 unspecified atom stereocenters. The van der Waals surface area contributed by atoms with Gasteiger partial charge in [0.15, 0.2) is 11.5 Å². The summed E-state index contributed by atoms with van der Waals surface area (Å²) in [6, 6.07) is 15.0. The van der Waals surface area contributed by atoms with Crippen LogP contribution in [0.4, 0.5) is 0 Å². The van der Waals surface area contributed by atoms with Gasteiger partial charge in [-0.2, -0.15) is 0 Å². The highest BCUT2D eigenvalue weighted by Crippen LogP contribution is 2.28. The molecule has 6 heteroatoms. The number of nitrogens with one attached hydrogen (secondary N) is 1. The molecule has 0 spiro atoms. The van der Waals surface area contributed by atoms with Crippen molar-refractivity contribution in [3.63, 3.8) is 0 Å². The molecule has 1 atom stereocenters. The predicted octanol–water partition coefficient (Wildman–Crippen LogP) is 4.36. The van der Waals surface area contributed by atoms with Crippen LogP contribution in [0.2, 0.25) is 0 Å². The van der Waals surface area contributed by atoms with Gasteiger partial charge in [-0.1, -0.05) is 56.7 Å². The number of aryl methyl sites for hydroxylation is 1. The van der Waals surface area contributed by atoms with Gasteiger partial charge < -0.3 is 19.7 Å². The Balaban J connectivity index is 2.16. The smallest absolute Gasteiger partial charge is 0.242 e. The molecule has 0 fully saturated rings. The number of nitrogens with zero attached hydrogens (tertiary/aromatic N) is 1. The fourth-order valence-electron chi connectivity index (χ4n) is 3.64. The van der Waals surface area contributed by atoms with E-state index in [1.807, 2.05) is 55.5 Å². The number of carbonyl (C=O) groups is 2. The van der Waals surface area contributed by atoms with Gasteiger partial charge in [-0.3, -0.25) is 9.59 Å². The number of carbonyl (C=O) groups excluding carboxylic acids is 2. The lowest BCUT2D eigenvalue weighted by atomic mass is 10.1. The maximum absolute atomic E-state index is 13.3. The summed E-state index contributed by atoms with van der Waals surface area (Å²) < 4.78 is 10.7. The normalized spacial score (nSPS) is 11.5. The average Bonchev–Trinajstić information content (AvgIpc) is 2.83. The van der Waals surface area contributed by atoms with Crippen LogP contribution in [0.25, 0.3) is 0 Å². The Morgan fingerprint density at radius 2 is 1.69 bits per heavy atom. The van der Waals surface area contributed by atoms with E-state index in [1.165, 1.54) is 0 Å². The number of rotatable bonds is 13. The molecule has 0 saturated carbocycles. The minimum Gasteiger partial charge on any atom is -0.493 e. The van der Waals surface area contributed by atoms with Crippen molar-refractivity contribution in [2.45, 2.75) is 58.5 Å². The highest BCUT2D eigenvalue weighted by atomic mass is 16.5. The van der Waals surface area contributed by atoms with Crippen LogP contribution in [0.15, 0.2) is 48.5 Å². The van der Waals surface area contributed by atoms with Crippen molar-refractivity contribution in [1.29, 1.82) is 0 Å². The molecule has 0 heterocycles. The number of benzene rings is 2. The van der Waals surface area contributed by atoms with Crippen molar-refractivity contribution in [2.75, 3.05) is 20.8 Å². The van der Waals surface area contributed by atoms with Crippen LogP contribution in [0.1, 0.15) is 50.7 Å². The van der Waals surface area contributed by atoms with E-state index >= 15 is 0 Å². The Hall–Kier alpha value is -3.02. The van der Waals surface area contributed by atoms with Crippen LogP contribution in [0.5, 0.6) is 11.5 Å². The molecule has 174 valence electrons. The Labute approximate surface area is 191 Å². The maximum atomic E-state index is 13.3. The minimum atomic E-state index is -0.495. The molecule has 6 nitrogen and oxygen atoms in total. The zero-order valence-electron chi connectivity index (χ0n) is 19.7. The van der Waals surface area contributed by atoms with Gasteiger partial charge in [-0.15, -0.1) is 0 Å². The second-order valence-corrected chi connectivity index (χ2v) is 7.77. The van der Waals surface area contributed by atoms with Crippen molar-refractivity contribution in [2.24, 2.45) is 0 Å². The fraction of sp³-hybridized carbons (Fsp3) is 0.462. The van der Waals surface area contributed by atoms with Gasteiger partial charge in [0.1, 0.15) is 6.04 Å². The molecule has 0 aliphatic carbocycles. The summed E-state index contributed by atoms with van der Waals surface area (Å²) in [6.07, 6.45) is 3.36. The van der Waals surface area contributed by atoms with E-state index in [2.05, 4.69) is 12.2 Å². The monoisotopic (exact) mass is 440 g/mol. The van der Waals surface area contributed by atoms with Gasteiger partial charge >= 0.3 is 0 Å². The van der Waals surface area contributed by atoms with E-state index in [9.17, 15) is 9.59 Å². The molecule has 1 N–H and O–H groups in total. The molecule has 2 aromatic rings. The lowest BCUT2D eigenvalue weighted by Crippen LogP contribution is -2.49. The van der Waals surface area contributed by atoms with Crippen LogP contribution in [0, 0.1) is 0 Å². The van der Waals surface area contributed by atoms with E-state index in [4.69, 9.17) is 9.47 Å². The number of methoxy groups -OCH3 is 2. The lowest BCUT2D eigenvalue weighted by molar-refractivity contribution is -0.141. The first kappa shape index (κ1) is 25.2.